The summed E-state index contributed by atoms with van der Waals surface area (Å²) in [5, 5.41) is 20.0. The quantitative estimate of drug-likeness (QED) is 0.569. The molecule has 6 heteroatoms. The normalized spacial score (nSPS) is 29.2. The van der Waals surface area contributed by atoms with Gasteiger partial charge in [-0.2, -0.15) is 11.8 Å². The summed E-state index contributed by atoms with van der Waals surface area (Å²) in [6, 6.07) is -1.47. The van der Waals surface area contributed by atoms with E-state index in [0.717, 1.165) is 0 Å². The second-order valence-corrected chi connectivity index (χ2v) is 3.96. The van der Waals surface area contributed by atoms with E-state index < -0.39 is 24.0 Å². The third kappa shape index (κ3) is 2.89. The highest BCUT2D eigenvalue weighted by molar-refractivity contribution is 7.99. The molecule has 1 aliphatic heterocycles. The number of hydrogen-bond acceptors (Lipinski definition) is 4. The van der Waals surface area contributed by atoms with Crippen molar-refractivity contribution in [2.24, 2.45) is 0 Å². The third-order valence-corrected chi connectivity index (χ3v) is 2.93. The van der Waals surface area contributed by atoms with Gasteiger partial charge in [0.1, 0.15) is 12.1 Å². The van der Waals surface area contributed by atoms with Gasteiger partial charge in [0.2, 0.25) is 0 Å². The smallest absolute Gasteiger partial charge is 0.321 e. The van der Waals surface area contributed by atoms with Crippen molar-refractivity contribution in [1.29, 1.82) is 0 Å². The molecule has 0 aromatic rings. The maximum Gasteiger partial charge on any atom is 0.321 e. The lowest BCUT2D eigenvalue weighted by atomic mass is 10.2. The molecule has 1 aliphatic rings. The zero-order valence-electron chi connectivity index (χ0n) is 6.90. The van der Waals surface area contributed by atoms with Gasteiger partial charge in [-0.05, 0) is 12.2 Å². The van der Waals surface area contributed by atoms with E-state index >= 15 is 0 Å². The van der Waals surface area contributed by atoms with Crippen LogP contribution in [0.1, 0.15) is 6.42 Å². The first kappa shape index (κ1) is 10.3. The summed E-state index contributed by atoms with van der Waals surface area (Å²) in [5.74, 6) is -0.846. The van der Waals surface area contributed by atoms with Crippen LogP contribution in [0.3, 0.4) is 0 Å². The van der Waals surface area contributed by atoms with Crippen molar-refractivity contribution in [3.63, 3.8) is 0 Å². The van der Waals surface area contributed by atoms with E-state index in [1.807, 2.05) is 0 Å². The maximum atomic E-state index is 10.6. The first-order valence-corrected chi connectivity index (χ1v) is 5.06. The molecule has 13 heavy (non-hydrogen) atoms. The minimum Gasteiger partial charge on any atom is -0.480 e. The molecule has 0 aliphatic carbocycles. The molecular formula is C7H11NO4S. The zero-order chi connectivity index (χ0) is 9.84. The highest BCUT2D eigenvalue weighted by Crippen LogP contribution is 2.13. The Morgan fingerprint density at radius 2 is 1.85 bits per heavy atom. The van der Waals surface area contributed by atoms with E-state index in [-0.39, 0.29) is 0 Å². The van der Waals surface area contributed by atoms with Crippen molar-refractivity contribution in [3.8, 4) is 0 Å². The third-order valence-electron chi connectivity index (χ3n) is 1.83. The lowest BCUT2D eigenvalue weighted by Crippen LogP contribution is -2.47. The number of thioether (sulfide) groups is 1. The summed E-state index contributed by atoms with van der Waals surface area (Å²) in [6.07, 6.45) is 0.476. The molecule has 0 amide bonds. The van der Waals surface area contributed by atoms with Crippen LogP contribution in [0.5, 0.6) is 0 Å². The van der Waals surface area contributed by atoms with Crippen LogP contribution in [-0.2, 0) is 9.59 Å². The Hall–Kier alpha value is -0.750. The molecule has 0 aromatic heterocycles. The summed E-state index contributed by atoms with van der Waals surface area (Å²) >= 11 is 1.47. The fourth-order valence-electron chi connectivity index (χ4n) is 1.11. The lowest BCUT2D eigenvalue weighted by molar-refractivity contribution is -0.142. The molecule has 1 fully saturated rings. The van der Waals surface area contributed by atoms with Crippen LogP contribution >= 0.6 is 11.8 Å². The number of carboxylic acids is 2. The topological polar surface area (TPSA) is 86.6 Å². The van der Waals surface area contributed by atoms with Crippen LogP contribution in [0.15, 0.2) is 0 Å². The standard InChI is InChI=1S/C7H11NO4S/c9-6(10)4-1-2-13-3-5(8-4)7(11)12/h4-5,8H,1-3H2,(H,9,10)(H,11,12)/t4-,5?/m0/s1. The van der Waals surface area contributed by atoms with Gasteiger partial charge in [0.05, 0.1) is 0 Å². The molecule has 5 nitrogen and oxygen atoms in total. The SMILES string of the molecule is O=C(O)C1CSCC[C@@H](C(=O)O)N1. The van der Waals surface area contributed by atoms with Crippen LogP contribution < -0.4 is 5.32 Å². The number of carbonyl (C=O) groups is 2. The van der Waals surface area contributed by atoms with E-state index in [4.69, 9.17) is 10.2 Å². The van der Waals surface area contributed by atoms with Crippen molar-refractivity contribution in [2.45, 2.75) is 18.5 Å². The molecule has 0 radical (unpaired) electrons. The minimum atomic E-state index is -0.986. The number of rotatable bonds is 2. The monoisotopic (exact) mass is 205 g/mol. The average molecular weight is 205 g/mol. The van der Waals surface area contributed by atoms with Crippen molar-refractivity contribution < 1.29 is 19.8 Å². The molecule has 0 saturated carbocycles. The van der Waals surface area contributed by atoms with Crippen LogP contribution in [-0.4, -0.2) is 45.7 Å². The Bertz CT molecular complexity index is 199. The van der Waals surface area contributed by atoms with Crippen LogP contribution in [0.4, 0.5) is 0 Å². The largest absolute Gasteiger partial charge is 0.480 e. The summed E-state index contributed by atoms with van der Waals surface area (Å²) < 4.78 is 0. The second kappa shape index (κ2) is 4.48. The molecule has 2 atom stereocenters. The summed E-state index contributed by atoms with van der Waals surface area (Å²) in [4.78, 5) is 21.2. The van der Waals surface area contributed by atoms with Gasteiger partial charge in [-0.1, -0.05) is 0 Å². The van der Waals surface area contributed by atoms with Gasteiger partial charge in [-0.3, -0.25) is 14.9 Å². The first-order valence-electron chi connectivity index (χ1n) is 3.90. The van der Waals surface area contributed by atoms with Gasteiger partial charge in [0.15, 0.2) is 0 Å². The van der Waals surface area contributed by atoms with Crippen molar-refractivity contribution >= 4 is 23.7 Å². The van der Waals surface area contributed by atoms with Crippen LogP contribution in [0.25, 0.3) is 0 Å². The summed E-state index contributed by atoms with van der Waals surface area (Å²) in [6.45, 7) is 0. The van der Waals surface area contributed by atoms with E-state index in [0.29, 0.717) is 17.9 Å². The predicted molar refractivity (Wildman–Crippen MR) is 47.9 cm³/mol. The van der Waals surface area contributed by atoms with Gasteiger partial charge in [-0.15, -0.1) is 0 Å². The number of hydrogen-bond donors (Lipinski definition) is 3. The molecule has 74 valence electrons. The van der Waals surface area contributed by atoms with E-state index in [1.54, 1.807) is 0 Å². The van der Waals surface area contributed by atoms with Crippen LogP contribution in [0, 0.1) is 0 Å². The van der Waals surface area contributed by atoms with E-state index in [9.17, 15) is 9.59 Å². The highest BCUT2D eigenvalue weighted by Gasteiger charge is 2.28. The zero-order valence-corrected chi connectivity index (χ0v) is 7.71. The first-order chi connectivity index (χ1) is 6.11. The van der Waals surface area contributed by atoms with Gasteiger partial charge in [-0.25, -0.2) is 0 Å². The van der Waals surface area contributed by atoms with Crippen molar-refractivity contribution in [3.05, 3.63) is 0 Å². The van der Waals surface area contributed by atoms with Gasteiger partial charge < -0.3 is 10.2 Å². The van der Waals surface area contributed by atoms with Crippen molar-refractivity contribution in [2.75, 3.05) is 11.5 Å². The molecule has 1 heterocycles. The molecule has 0 aromatic carbocycles. The molecule has 0 bridgehead atoms. The molecule has 0 spiro atoms. The van der Waals surface area contributed by atoms with Gasteiger partial charge in [0, 0.05) is 5.75 Å². The predicted octanol–water partition coefficient (Wildman–Crippen LogP) is -0.381. The Balaban J connectivity index is 2.59. The summed E-state index contributed by atoms with van der Waals surface area (Å²) in [5.41, 5.74) is 0. The Kier molecular flexibility index (Phi) is 3.56. The average Bonchev–Trinajstić information content (AvgIpc) is 2.28. The minimum absolute atomic E-state index is 0.430. The molecular weight excluding hydrogens is 194 g/mol. The second-order valence-electron chi connectivity index (χ2n) is 2.81. The fourth-order valence-corrected chi connectivity index (χ4v) is 2.16. The molecule has 3 N–H and O–H groups in total. The van der Waals surface area contributed by atoms with Gasteiger partial charge >= 0.3 is 11.9 Å². The van der Waals surface area contributed by atoms with Crippen LogP contribution in [0.2, 0.25) is 0 Å². The highest BCUT2D eigenvalue weighted by atomic mass is 32.2. The van der Waals surface area contributed by atoms with Gasteiger partial charge in [0.25, 0.3) is 0 Å². The Labute approximate surface area is 79.5 Å². The van der Waals surface area contributed by atoms with Crippen molar-refractivity contribution in [1.82, 2.24) is 5.32 Å². The summed E-state index contributed by atoms with van der Waals surface area (Å²) in [7, 11) is 0. The van der Waals surface area contributed by atoms with E-state index in [1.165, 1.54) is 11.8 Å². The molecule has 1 saturated heterocycles. The molecule has 1 rings (SSSR count). The van der Waals surface area contributed by atoms with E-state index in [2.05, 4.69) is 5.32 Å². The number of nitrogens with one attached hydrogen (secondary N) is 1. The fraction of sp³-hybridized carbons (Fsp3) is 0.714. The molecule has 1 unspecified atom stereocenters. The maximum absolute atomic E-state index is 10.6. The number of aliphatic carboxylic acids is 2. The Morgan fingerprint density at radius 1 is 1.23 bits per heavy atom. The number of carboxylic acid groups (broad SMARTS) is 2. The Morgan fingerprint density at radius 3 is 2.38 bits per heavy atom. The lowest BCUT2D eigenvalue weighted by Gasteiger charge is -2.14.